The van der Waals surface area contributed by atoms with E-state index in [1.54, 1.807) is 6.26 Å². The van der Waals surface area contributed by atoms with Crippen LogP contribution in [0.4, 0.5) is 0 Å². The molecular weight excluding hydrogens is 546 g/mol. The van der Waals surface area contributed by atoms with Crippen LogP contribution in [0, 0.1) is 6.92 Å². The summed E-state index contributed by atoms with van der Waals surface area (Å²) in [6, 6.07) is 14.5. The zero-order chi connectivity index (χ0) is 29.9. The molecule has 0 unspecified atom stereocenters. The van der Waals surface area contributed by atoms with Gasteiger partial charge in [0.15, 0.2) is 0 Å². The van der Waals surface area contributed by atoms with Gasteiger partial charge >= 0.3 is 0 Å². The highest BCUT2D eigenvalue weighted by atomic mass is 32.2. The van der Waals surface area contributed by atoms with Gasteiger partial charge in [0.2, 0.25) is 0 Å². The number of aliphatic hydroxyl groups is 7. The summed E-state index contributed by atoms with van der Waals surface area (Å²) in [7, 11) is 0. The summed E-state index contributed by atoms with van der Waals surface area (Å²) < 4.78 is 5.95. The van der Waals surface area contributed by atoms with Crippen LogP contribution in [-0.4, -0.2) is 116 Å². The molecule has 0 bridgehead atoms. The standard InChI is InChI=1S/C31H47NO8S/c1-20-7-12-23(30-28(38)27(37)29(39)31(40-30)41-2)15-24(20)14-22-10-8-21(9-11-22)6-4-3-5-13-32(16-25(35)18-33)17-26(36)19-34/h7-12,15,25-31,33-39H,3-6,13-14,16-19H2,1-2H3/t25-,26-,27+,28+,29-,30-,31+/m0/s1. The highest BCUT2D eigenvalue weighted by Gasteiger charge is 2.44. The van der Waals surface area contributed by atoms with E-state index in [-0.39, 0.29) is 26.3 Å². The normalized spacial score (nSPS) is 24.5. The van der Waals surface area contributed by atoms with E-state index in [4.69, 9.17) is 14.9 Å². The van der Waals surface area contributed by atoms with Crippen molar-refractivity contribution >= 4 is 11.8 Å². The number of rotatable bonds is 16. The molecule has 2 aromatic rings. The lowest BCUT2D eigenvalue weighted by molar-refractivity contribution is -0.200. The van der Waals surface area contributed by atoms with E-state index in [1.807, 2.05) is 30.0 Å². The maximum atomic E-state index is 10.6. The predicted molar refractivity (Wildman–Crippen MR) is 160 cm³/mol. The monoisotopic (exact) mass is 593 g/mol. The van der Waals surface area contributed by atoms with Crippen LogP contribution < -0.4 is 0 Å². The van der Waals surface area contributed by atoms with Gasteiger partial charge in [0.1, 0.15) is 29.9 Å². The summed E-state index contributed by atoms with van der Waals surface area (Å²) in [6.07, 6.45) is 0.221. The van der Waals surface area contributed by atoms with Crippen LogP contribution in [0.25, 0.3) is 0 Å². The van der Waals surface area contributed by atoms with Crippen LogP contribution in [0.3, 0.4) is 0 Å². The maximum Gasteiger partial charge on any atom is 0.132 e. The molecule has 0 aromatic heterocycles. The molecule has 1 saturated heterocycles. The SMILES string of the molecule is CS[C@H]1O[C@@H](c2ccc(C)c(Cc3ccc(CCCCCN(C[C@H](O)CO)C[C@H](O)CO)cc3)c2)[C@H](O)[C@@H](O)[C@@H]1O. The Morgan fingerprint density at radius 2 is 1.46 bits per heavy atom. The fourth-order valence-corrected chi connectivity index (χ4v) is 5.90. The van der Waals surface area contributed by atoms with Gasteiger partial charge in [-0.05, 0) is 73.2 Å². The van der Waals surface area contributed by atoms with Crippen molar-refractivity contribution in [3.8, 4) is 0 Å². The number of nitrogens with zero attached hydrogens (tertiary/aromatic N) is 1. The average molecular weight is 594 g/mol. The van der Waals surface area contributed by atoms with Crippen molar-refractivity contribution in [1.29, 1.82) is 0 Å². The van der Waals surface area contributed by atoms with Crippen molar-refractivity contribution < 1.29 is 40.5 Å². The van der Waals surface area contributed by atoms with E-state index in [2.05, 4.69) is 24.3 Å². The van der Waals surface area contributed by atoms with Crippen LogP contribution in [0.15, 0.2) is 42.5 Å². The van der Waals surface area contributed by atoms with Crippen LogP contribution in [-0.2, 0) is 17.6 Å². The number of aryl methyl sites for hydroxylation is 2. The lowest BCUT2D eigenvalue weighted by Crippen LogP contribution is -2.52. The highest BCUT2D eigenvalue weighted by molar-refractivity contribution is 7.99. The average Bonchev–Trinajstić information content (AvgIpc) is 2.97. The Hall–Kier alpha value is -1.57. The van der Waals surface area contributed by atoms with E-state index in [0.29, 0.717) is 6.54 Å². The number of ether oxygens (including phenoxy) is 1. The third-order valence-corrected chi connectivity index (χ3v) is 8.57. The molecule has 0 spiro atoms. The number of hydrogen-bond donors (Lipinski definition) is 7. The topological polar surface area (TPSA) is 154 Å². The maximum absolute atomic E-state index is 10.6. The zero-order valence-corrected chi connectivity index (χ0v) is 24.9. The van der Waals surface area contributed by atoms with E-state index < -0.39 is 42.1 Å². The van der Waals surface area contributed by atoms with Crippen molar-refractivity contribution in [3.63, 3.8) is 0 Å². The molecule has 7 atom stereocenters. The number of aliphatic hydroxyl groups excluding tert-OH is 7. The minimum atomic E-state index is -1.28. The molecule has 230 valence electrons. The summed E-state index contributed by atoms with van der Waals surface area (Å²) in [5.41, 5.74) is 4.80. The van der Waals surface area contributed by atoms with Crippen molar-refractivity contribution in [1.82, 2.24) is 4.90 Å². The Morgan fingerprint density at radius 3 is 2.07 bits per heavy atom. The van der Waals surface area contributed by atoms with Crippen LogP contribution in [0.1, 0.15) is 53.2 Å². The number of unbranched alkanes of at least 4 members (excludes halogenated alkanes) is 2. The first kappa shape index (κ1) is 33.9. The van der Waals surface area contributed by atoms with Gasteiger partial charge < -0.3 is 40.5 Å². The second-order valence-corrected chi connectivity index (χ2v) is 12.0. The van der Waals surface area contributed by atoms with Gasteiger partial charge in [-0.1, -0.05) is 48.9 Å². The molecule has 2 aromatic carbocycles. The second kappa shape index (κ2) is 16.9. The van der Waals surface area contributed by atoms with E-state index in [0.717, 1.165) is 54.4 Å². The molecule has 3 rings (SSSR count). The minimum Gasteiger partial charge on any atom is -0.394 e. The third-order valence-electron chi connectivity index (χ3n) is 7.72. The number of thioether (sulfide) groups is 1. The largest absolute Gasteiger partial charge is 0.394 e. The van der Waals surface area contributed by atoms with Gasteiger partial charge in [-0.15, -0.1) is 11.8 Å². The van der Waals surface area contributed by atoms with Crippen LogP contribution in [0.5, 0.6) is 0 Å². The third kappa shape index (κ3) is 10.00. The summed E-state index contributed by atoms with van der Waals surface area (Å²) in [4.78, 5) is 1.88. The molecule has 1 aliphatic rings. The first-order valence-corrected chi connectivity index (χ1v) is 15.7. The Morgan fingerprint density at radius 1 is 0.829 bits per heavy atom. The van der Waals surface area contributed by atoms with E-state index >= 15 is 0 Å². The molecule has 0 saturated carbocycles. The van der Waals surface area contributed by atoms with Crippen LogP contribution in [0.2, 0.25) is 0 Å². The molecule has 1 heterocycles. The van der Waals surface area contributed by atoms with Gasteiger partial charge in [-0.25, -0.2) is 0 Å². The summed E-state index contributed by atoms with van der Waals surface area (Å²) >= 11 is 1.30. The fraction of sp³-hybridized carbons (Fsp3) is 0.613. The van der Waals surface area contributed by atoms with E-state index in [1.165, 1.54) is 17.3 Å². The summed E-state index contributed by atoms with van der Waals surface area (Å²) in [5.74, 6) is 0. The van der Waals surface area contributed by atoms with Gasteiger partial charge in [-0.2, -0.15) is 0 Å². The first-order valence-electron chi connectivity index (χ1n) is 14.4. The number of hydrogen-bond acceptors (Lipinski definition) is 10. The quantitative estimate of drug-likeness (QED) is 0.141. The molecule has 1 fully saturated rings. The van der Waals surface area contributed by atoms with Gasteiger partial charge in [-0.3, -0.25) is 4.90 Å². The molecule has 0 radical (unpaired) electrons. The molecule has 0 aliphatic carbocycles. The smallest absolute Gasteiger partial charge is 0.132 e. The van der Waals surface area contributed by atoms with Gasteiger partial charge in [0, 0.05) is 13.1 Å². The van der Waals surface area contributed by atoms with E-state index in [9.17, 15) is 25.5 Å². The molecule has 7 N–H and O–H groups in total. The Kier molecular flexibility index (Phi) is 14.0. The fourth-order valence-electron chi connectivity index (χ4n) is 5.23. The van der Waals surface area contributed by atoms with Crippen LogP contribution >= 0.6 is 11.8 Å². The molecule has 1 aliphatic heterocycles. The Balaban J connectivity index is 1.52. The molecular formula is C31H47NO8S. The first-order chi connectivity index (χ1) is 19.7. The van der Waals surface area contributed by atoms with Crippen molar-refractivity contribution in [2.45, 2.75) is 81.1 Å². The predicted octanol–water partition coefficient (Wildman–Crippen LogP) is 1.15. The Labute approximate surface area is 247 Å². The van der Waals surface area contributed by atoms with Gasteiger partial charge in [0.25, 0.3) is 0 Å². The molecule has 10 heteroatoms. The van der Waals surface area contributed by atoms with Crippen molar-refractivity contribution in [2.75, 3.05) is 39.1 Å². The molecule has 0 amide bonds. The lowest BCUT2D eigenvalue weighted by Gasteiger charge is -2.40. The Bertz CT molecular complexity index is 1030. The molecule has 9 nitrogen and oxygen atoms in total. The second-order valence-electron chi connectivity index (χ2n) is 11.1. The minimum absolute atomic E-state index is 0.259. The molecule has 41 heavy (non-hydrogen) atoms. The lowest BCUT2D eigenvalue weighted by atomic mass is 9.91. The van der Waals surface area contributed by atoms with Crippen molar-refractivity contribution in [3.05, 3.63) is 70.3 Å². The summed E-state index contributed by atoms with van der Waals surface area (Å²) in [6.45, 7) is 2.57. The highest BCUT2D eigenvalue weighted by Crippen LogP contribution is 2.36. The number of benzene rings is 2. The van der Waals surface area contributed by atoms with Gasteiger partial charge in [0.05, 0.1) is 25.4 Å². The summed E-state index contributed by atoms with van der Waals surface area (Å²) in [5, 5.41) is 68.8. The van der Waals surface area contributed by atoms with Crippen molar-refractivity contribution in [2.24, 2.45) is 0 Å². The zero-order valence-electron chi connectivity index (χ0n) is 24.0.